The minimum Gasteiger partial charge on any atom is -0.489 e. The summed E-state index contributed by atoms with van der Waals surface area (Å²) in [5.74, 6) is -1.14. The fourth-order valence-corrected chi connectivity index (χ4v) is 1.68. The first-order valence-electron chi connectivity index (χ1n) is 3.48. The summed E-state index contributed by atoms with van der Waals surface area (Å²) in [6.07, 6.45) is 0. The number of halogens is 4. The SMILES string of the molecule is Fc1cc(F)c(OCCBr)c(I)c1. The quantitative estimate of drug-likeness (QED) is 0.592. The molecule has 0 saturated heterocycles. The van der Waals surface area contributed by atoms with Crippen molar-refractivity contribution in [2.45, 2.75) is 0 Å². The molecule has 0 aliphatic carbocycles. The van der Waals surface area contributed by atoms with E-state index < -0.39 is 11.6 Å². The van der Waals surface area contributed by atoms with Gasteiger partial charge < -0.3 is 4.74 Å². The predicted octanol–water partition coefficient (Wildman–Crippen LogP) is 3.34. The molecule has 0 heterocycles. The van der Waals surface area contributed by atoms with E-state index in [9.17, 15) is 8.78 Å². The zero-order chi connectivity index (χ0) is 9.84. The van der Waals surface area contributed by atoms with Crippen LogP contribution < -0.4 is 4.74 Å². The van der Waals surface area contributed by atoms with Crippen molar-refractivity contribution in [3.05, 3.63) is 27.3 Å². The topological polar surface area (TPSA) is 9.23 Å². The van der Waals surface area contributed by atoms with Crippen LogP contribution in [0.15, 0.2) is 12.1 Å². The Hall–Kier alpha value is 0.0900. The molecule has 0 saturated carbocycles. The zero-order valence-electron chi connectivity index (χ0n) is 6.49. The lowest BCUT2D eigenvalue weighted by atomic mass is 10.3. The number of hydrogen-bond acceptors (Lipinski definition) is 1. The fraction of sp³-hybridized carbons (Fsp3) is 0.250. The van der Waals surface area contributed by atoms with Crippen molar-refractivity contribution in [1.82, 2.24) is 0 Å². The maximum absolute atomic E-state index is 13.0. The molecule has 0 atom stereocenters. The maximum atomic E-state index is 13.0. The molecule has 1 aromatic rings. The van der Waals surface area contributed by atoms with Gasteiger partial charge in [-0.05, 0) is 28.7 Å². The van der Waals surface area contributed by atoms with Crippen molar-refractivity contribution in [2.24, 2.45) is 0 Å². The molecular weight excluding hydrogens is 357 g/mol. The third-order valence-corrected chi connectivity index (χ3v) is 2.41. The minimum absolute atomic E-state index is 0.112. The van der Waals surface area contributed by atoms with Crippen molar-refractivity contribution in [2.75, 3.05) is 11.9 Å². The molecule has 13 heavy (non-hydrogen) atoms. The van der Waals surface area contributed by atoms with Crippen LogP contribution in [0.4, 0.5) is 8.78 Å². The van der Waals surface area contributed by atoms with Crippen molar-refractivity contribution in [3.8, 4) is 5.75 Å². The van der Waals surface area contributed by atoms with Gasteiger partial charge in [-0.15, -0.1) is 0 Å². The number of alkyl halides is 1. The molecule has 0 amide bonds. The molecule has 0 bridgehead atoms. The van der Waals surface area contributed by atoms with E-state index in [4.69, 9.17) is 4.74 Å². The van der Waals surface area contributed by atoms with Gasteiger partial charge >= 0.3 is 0 Å². The predicted molar refractivity (Wildman–Crippen MR) is 58.4 cm³/mol. The lowest BCUT2D eigenvalue weighted by Gasteiger charge is -2.07. The van der Waals surface area contributed by atoms with Gasteiger partial charge in [-0.1, -0.05) is 15.9 Å². The Kier molecular flexibility index (Phi) is 4.37. The smallest absolute Gasteiger partial charge is 0.169 e. The summed E-state index contributed by atoms with van der Waals surface area (Å²) in [6.45, 7) is 0.360. The highest BCUT2D eigenvalue weighted by Gasteiger charge is 2.10. The Labute approximate surface area is 96.7 Å². The normalized spacial score (nSPS) is 10.2. The van der Waals surface area contributed by atoms with Gasteiger partial charge in [0.1, 0.15) is 5.82 Å². The second-order valence-electron chi connectivity index (χ2n) is 2.24. The van der Waals surface area contributed by atoms with Crippen molar-refractivity contribution >= 4 is 38.5 Å². The molecule has 0 radical (unpaired) electrons. The van der Waals surface area contributed by atoms with E-state index >= 15 is 0 Å². The summed E-state index contributed by atoms with van der Waals surface area (Å²) in [5, 5.41) is 0.611. The van der Waals surface area contributed by atoms with Crippen LogP contribution in [0.25, 0.3) is 0 Å². The average Bonchev–Trinajstić information content (AvgIpc) is 2.02. The molecule has 1 nitrogen and oxygen atoms in total. The molecule has 0 aliphatic heterocycles. The summed E-state index contributed by atoms with van der Waals surface area (Å²) in [7, 11) is 0. The summed E-state index contributed by atoms with van der Waals surface area (Å²) in [4.78, 5) is 0. The zero-order valence-corrected chi connectivity index (χ0v) is 10.2. The minimum atomic E-state index is -0.662. The summed E-state index contributed by atoms with van der Waals surface area (Å²) >= 11 is 4.98. The first kappa shape index (κ1) is 11.2. The fourth-order valence-electron chi connectivity index (χ4n) is 0.807. The average molecular weight is 363 g/mol. The van der Waals surface area contributed by atoms with Gasteiger partial charge in [0.05, 0.1) is 10.2 Å². The Balaban J connectivity index is 2.92. The van der Waals surface area contributed by atoms with Crippen LogP contribution in [0.2, 0.25) is 0 Å². The van der Waals surface area contributed by atoms with Crippen LogP contribution in [0.3, 0.4) is 0 Å². The molecule has 5 heteroatoms. The van der Waals surface area contributed by atoms with E-state index in [1.807, 2.05) is 22.6 Å². The molecule has 0 unspecified atom stereocenters. The largest absolute Gasteiger partial charge is 0.489 e. The summed E-state index contributed by atoms with van der Waals surface area (Å²) < 4.78 is 31.2. The van der Waals surface area contributed by atoms with E-state index in [2.05, 4.69) is 15.9 Å². The van der Waals surface area contributed by atoms with Gasteiger partial charge in [0, 0.05) is 11.4 Å². The highest BCUT2D eigenvalue weighted by atomic mass is 127. The van der Waals surface area contributed by atoms with E-state index in [0.29, 0.717) is 15.5 Å². The Bertz CT molecular complexity index is 283. The Morgan fingerprint density at radius 1 is 1.38 bits per heavy atom. The summed E-state index contributed by atoms with van der Waals surface area (Å²) in [5.41, 5.74) is 0. The lowest BCUT2D eigenvalue weighted by Crippen LogP contribution is -2.02. The number of ether oxygens (including phenoxy) is 1. The standard InChI is InChI=1S/C8H6BrF2IO/c9-1-2-13-8-6(11)3-5(10)4-7(8)12/h3-4H,1-2H2. The van der Waals surface area contributed by atoms with Gasteiger partial charge in [-0.2, -0.15) is 0 Å². The molecule has 72 valence electrons. The first-order chi connectivity index (χ1) is 6.15. The summed E-state index contributed by atoms with van der Waals surface area (Å²) in [6, 6.07) is 2.04. The molecule has 0 aromatic heterocycles. The van der Waals surface area contributed by atoms with E-state index in [1.165, 1.54) is 6.07 Å². The molecule has 0 aliphatic rings. The number of hydrogen-bond donors (Lipinski definition) is 0. The lowest BCUT2D eigenvalue weighted by molar-refractivity contribution is 0.322. The van der Waals surface area contributed by atoms with Crippen LogP contribution in [-0.4, -0.2) is 11.9 Å². The van der Waals surface area contributed by atoms with Gasteiger partial charge in [0.2, 0.25) is 0 Å². The Morgan fingerprint density at radius 2 is 2.08 bits per heavy atom. The third-order valence-electron chi connectivity index (χ3n) is 1.29. The van der Waals surface area contributed by atoms with Crippen LogP contribution >= 0.6 is 38.5 Å². The van der Waals surface area contributed by atoms with Crippen LogP contribution in [0.1, 0.15) is 0 Å². The van der Waals surface area contributed by atoms with Gasteiger partial charge in [0.25, 0.3) is 0 Å². The third kappa shape index (κ3) is 3.05. The van der Waals surface area contributed by atoms with Gasteiger partial charge in [-0.3, -0.25) is 0 Å². The van der Waals surface area contributed by atoms with Gasteiger partial charge in [-0.25, -0.2) is 8.78 Å². The second-order valence-corrected chi connectivity index (χ2v) is 4.19. The van der Waals surface area contributed by atoms with E-state index in [1.54, 1.807) is 0 Å². The Morgan fingerprint density at radius 3 is 2.62 bits per heavy atom. The molecular formula is C8H6BrF2IO. The molecule has 0 fully saturated rings. The van der Waals surface area contributed by atoms with Gasteiger partial charge in [0.15, 0.2) is 11.6 Å². The number of benzene rings is 1. The number of rotatable bonds is 3. The van der Waals surface area contributed by atoms with Crippen LogP contribution in [-0.2, 0) is 0 Å². The van der Waals surface area contributed by atoms with Crippen molar-refractivity contribution in [3.63, 3.8) is 0 Å². The molecule has 0 N–H and O–H groups in total. The van der Waals surface area contributed by atoms with E-state index in [-0.39, 0.29) is 5.75 Å². The molecule has 1 rings (SSSR count). The molecule has 0 spiro atoms. The van der Waals surface area contributed by atoms with Crippen LogP contribution in [0.5, 0.6) is 5.75 Å². The van der Waals surface area contributed by atoms with Crippen molar-refractivity contribution < 1.29 is 13.5 Å². The first-order valence-corrected chi connectivity index (χ1v) is 5.68. The maximum Gasteiger partial charge on any atom is 0.169 e. The van der Waals surface area contributed by atoms with E-state index in [0.717, 1.165) is 6.07 Å². The molecule has 1 aromatic carbocycles. The van der Waals surface area contributed by atoms with Crippen LogP contribution in [0, 0.1) is 15.2 Å². The van der Waals surface area contributed by atoms with Crippen molar-refractivity contribution in [1.29, 1.82) is 0 Å². The monoisotopic (exact) mass is 362 g/mol. The highest BCUT2D eigenvalue weighted by molar-refractivity contribution is 14.1. The highest BCUT2D eigenvalue weighted by Crippen LogP contribution is 2.25. The second kappa shape index (κ2) is 5.09.